The Bertz CT molecular complexity index is 420. The Hall–Kier alpha value is -0.850. The average molecular weight is 285 g/mol. The first kappa shape index (κ1) is 15.2. The van der Waals surface area contributed by atoms with Crippen molar-refractivity contribution in [2.45, 2.75) is 25.1 Å². The van der Waals surface area contributed by atoms with Crippen molar-refractivity contribution in [2.24, 2.45) is 11.5 Å². The van der Waals surface area contributed by atoms with Crippen molar-refractivity contribution in [3.05, 3.63) is 34.1 Å². The maximum absolute atomic E-state index is 13.7. The van der Waals surface area contributed by atoms with E-state index in [-0.39, 0.29) is 18.0 Å². The molecule has 0 aliphatic rings. The highest BCUT2D eigenvalue weighted by Gasteiger charge is 2.36. The molecule has 0 spiro atoms. The van der Waals surface area contributed by atoms with Crippen molar-refractivity contribution in [1.29, 1.82) is 0 Å². The Balaban J connectivity index is 3.25. The van der Waals surface area contributed by atoms with Crippen LogP contribution in [0.25, 0.3) is 0 Å². The molecule has 1 aromatic carbocycles. The molecule has 0 radical (unpaired) electrons. The van der Waals surface area contributed by atoms with E-state index in [1.807, 2.05) is 0 Å². The number of benzene rings is 1. The van der Waals surface area contributed by atoms with E-state index >= 15 is 0 Å². The zero-order valence-corrected chi connectivity index (χ0v) is 10.2. The number of nitrogens with two attached hydrogens (primary N) is 2. The molecule has 1 atom stereocenters. The maximum atomic E-state index is 13.7. The average Bonchev–Trinajstić information content (AvgIpc) is 2.27. The van der Waals surface area contributed by atoms with Gasteiger partial charge in [0.05, 0.1) is 10.6 Å². The van der Waals surface area contributed by atoms with E-state index in [0.29, 0.717) is 6.42 Å². The predicted octanol–water partition coefficient (Wildman–Crippen LogP) is 3.24. The van der Waals surface area contributed by atoms with Gasteiger partial charge in [-0.2, -0.15) is 13.2 Å². The summed E-state index contributed by atoms with van der Waals surface area (Å²) >= 11 is 5.49. The van der Waals surface area contributed by atoms with Crippen molar-refractivity contribution in [1.82, 2.24) is 0 Å². The van der Waals surface area contributed by atoms with Crippen LogP contribution in [-0.4, -0.2) is 6.54 Å². The molecule has 0 fully saturated rings. The molecule has 102 valence electrons. The highest BCUT2D eigenvalue weighted by atomic mass is 35.5. The van der Waals surface area contributed by atoms with E-state index < -0.39 is 29.2 Å². The van der Waals surface area contributed by atoms with Gasteiger partial charge in [0.25, 0.3) is 0 Å². The molecule has 0 aliphatic carbocycles. The smallest absolute Gasteiger partial charge is 0.330 e. The van der Waals surface area contributed by atoms with Gasteiger partial charge < -0.3 is 11.5 Å². The molecule has 1 aromatic rings. The fraction of sp³-hybridized carbons (Fsp3) is 0.455. The van der Waals surface area contributed by atoms with Gasteiger partial charge in [-0.1, -0.05) is 11.6 Å². The fourth-order valence-electron chi connectivity index (χ4n) is 1.66. The third kappa shape index (κ3) is 3.34. The maximum Gasteiger partial charge on any atom is 0.416 e. The molecule has 0 heterocycles. The molecule has 0 unspecified atom stereocenters. The van der Waals surface area contributed by atoms with Crippen LogP contribution in [0.3, 0.4) is 0 Å². The topological polar surface area (TPSA) is 52.0 Å². The predicted molar refractivity (Wildman–Crippen MR) is 61.6 cm³/mol. The summed E-state index contributed by atoms with van der Waals surface area (Å²) in [4.78, 5) is 0. The van der Waals surface area contributed by atoms with Gasteiger partial charge in [-0.3, -0.25) is 0 Å². The Labute approximate surface area is 107 Å². The molecule has 0 aromatic heterocycles. The van der Waals surface area contributed by atoms with E-state index in [1.54, 1.807) is 0 Å². The van der Waals surface area contributed by atoms with Crippen LogP contribution in [0.1, 0.15) is 30.0 Å². The number of rotatable bonds is 4. The molecule has 0 saturated heterocycles. The van der Waals surface area contributed by atoms with E-state index in [1.165, 1.54) is 0 Å². The number of hydrogen-bond acceptors (Lipinski definition) is 2. The number of halogens is 5. The Morgan fingerprint density at radius 2 is 1.89 bits per heavy atom. The zero-order valence-electron chi connectivity index (χ0n) is 9.40. The van der Waals surface area contributed by atoms with Crippen LogP contribution in [0.15, 0.2) is 12.1 Å². The monoisotopic (exact) mass is 284 g/mol. The number of alkyl halides is 3. The quantitative estimate of drug-likeness (QED) is 0.834. The third-order valence-electron chi connectivity index (χ3n) is 2.53. The van der Waals surface area contributed by atoms with E-state index in [9.17, 15) is 17.6 Å². The van der Waals surface area contributed by atoms with Gasteiger partial charge in [0.15, 0.2) is 0 Å². The summed E-state index contributed by atoms with van der Waals surface area (Å²) in [7, 11) is 0. The van der Waals surface area contributed by atoms with E-state index in [4.69, 9.17) is 23.1 Å². The molecule has 0 amide bonds. The van der Waals surface area contributed by atoms with Gasteiger partial charge >= 0.3 is 6.18 Å². The van der Waals surface area contributed by atoms with E-state index in [0.717, 1.165) is 12.1 Å². The molecule has 1 rings (SSSR count). The van der Waals surface area contributed by atoms with Crippen LogP contribution < -0.4 is 11.5 Å². The van der Waals surface area contributed by atoms with Crippen LogP contribution in [0, 0.1) is 5.82 Å². The Morgan fingerprint density at radius 3 is 2.39 bits per heavy atom. The zero-order chi connectivity index (χ0) is 13.9. The van der Waals surface area contributed by atoms with Crippen molar-refractivity contribution in [3.63, 3.8) is 0 Å². The van der Waals surface area contributed by atoms with Crippen molar-refractivity contribution < 1.29 is 17.6 Å². The minimum absolute atomic E-state index is 0.164. The minimum atomic E-state index is -4.67. The largest absolute Gasteiger partial charge is 0.416 e. The van der Waals surface area contributed by atoms with Crippen molar-refractivity contribution >= 4 is 11.6 Å². The second-order valence-corrected chi connectivity index (χ2v) is 4.26. The Kier molecular flexibility index (Phi) is 4.95. The van der Waals surface area contributed by atoms with Crippen LogP contribution in [0.4, 0.5) is 17.6 Å². The first-order chi connectivity index (χ1) is 8.29. The number of hydrogen-bond donors (Lipinski definition) is 2. The van der Waals surface area contributed by atoms with Crippen molar-refractivity contribution in [3.8, 4) is 0 Å². The third-order valence-corrected chi connectivity index (χ3v) is 2.82. The molecule has 0 saturated carbocycles. The van der Waals surface area contributed by atoms with Crippen LogP contribution in [-0.2, 0) is 6.18 Å². The summed E-state index contributed by atoms with van der Waals surface area (Å²) in [5.41, 5.74) is 9.16. The highest BCUT2D eigenvalue weighted by Crippen LogP contribution is 2.38. The lowest BCUT2D eigenvalue weighted by Gasteiger charge is -2.19. The first-order valence-electron chi connectivity index (χ1n) is 5.29. The van der Waals surface area contributed by atoms with Crippen LogP contribution in [0.5, 0.6) is 0 Å². The lowest BCUT2D eigenvalue weighted by atomic mass is 9.96. The minimum Gasteiger partial charge on any atom is -0.330 e. The lowest BCUT2D eigenvalue weighted by Crippen LogP contribution is -2.20. The second kappa shape index (κ2) is 5.86. The summed E-state index contributed by atoms with van der Waals surface area (Å²) < 4.78 is 52.0. The van der Waals surface area contributed by atoms with Gasteiger partial charge in [-0.25, -0.2) is 4.39 Å². The molecule has 7 heteroatoms. The van der Waals surface area contributed by atoms with Gasteiger partial charge in [0.2, 0.25) is 0 Å². The van der Waals surface area contributed by atoms with Crippen LogP contribution >= 0.6 is 11.6 Å². The molecule has 2 nitrogen and oxygen atoms in total. The second-order valence-electron chi connectivity index (χ2n) is 3.86. The summed E-state index contributed by atoms with van der Waals surface area (Å²) in [5.74, 6) is -1.11. The van der Waals surface area contributed by atoms with Gasteiger partial charge in [0.1, 0.15) is 5.82 Å². The van der Waals surface area contributed by atoms with Crippen LogP contribution in [0.2, 0.25) is 5.02 Å². The SMILES string of the molecule is NCCC[C@@H](N)c1c(C(F)(F)F)ccc(Cl)c1F. The highest BCUT2D eigenvalue weighted by molar-refractivity contribution is 6.30. The molecule has 0 bridgehead atoms. The fourth-order valence-corrected chi connectivity index (χ4v) is 1.82. The van der Waals surface area contributed by atoms with Gasteiger partial charge in [0, 0.05) is 11.6 Å². The van der Waals surface area contributed by atoms with Gasteiger partial charge in [-0.05, 0) is 31.5 Å². The molecule has 18 heavy (non-hydrogen) atoms. The lowest BCUT2D eigenvalue weighted by molar-refractivity contribution is -0.138. The normalized spacial score (nSPS) is 13.7. The molecule has 0 aliphatic heterocycles. The van der Waals surface area contributed by atoms with Gasteiger partial charge in [-0.15, -0.1) is 0 Å². The molecular weight excluding hydrogens is 272 g/mol. The molecule has 4 N–H and O–H groups in total. The van der Waals surface area contributed by atoms with E-state index in [2.05, 4.69) is 0 Å². The van der Waals surface area contributed by atoms with Crippen molar-refractivity contribution in [2.75, 3.05) is 6.54 Å². The summed E-state index contributed by atoms with van der Waals surface area (Å²) in [5, 5.41) is -0.374. The standard InChI is InChI=1S/C11H13ClF4N2/c12-7-4-3-6(11(14,15)16)9(10(7)13)8(18)2-1-5-17/h3-4,8H,1-2,5,17-18H2/t8-/m1/s1. The summed E-state index contributed by atoms with van der Waals surface area (Å²) in [6.45, 7) is 0.275. The molecular formula is C11H13ClF4N2. The summed E-state index contributed by atoms with van der Waals surface area (Å²) in [6, 6.07) is 0.533. The summed E-state index contributed by atoms with van der Waals surface area (Å²) in [6.07, 6.45) is -4.09. The first-order valence-corrected chi connectivity index (χ1v) is 5.67. The Morgan fingerprint density at radius 1 is 1.28 bits per heavy atom.